The van der Waals surface area contributed by atoms with Crippen molar-refractivity contribution in [1.29, 1.82) is 0 Å². The summed E-state index contributed by atoms with van der Waals surface area (Å²) in [5.74, 6) is -1.25. The minimum absolute atomic E-state index is 0.467. The first kappa shape index (κ1) is 14.5. The molecule has 3 N–H and O–H groups in total. The number of piperazine rings is 1. The lowest BCUT2D eigenvalue weighted by Gasteiger charge is -2.34. The third kappa shape index (κ3) is 3.36. The molecule has 0 radical (unpaired) electrons. The van der Waals surface area contributed by atoms with Gasteiger partial charge in [0.25, 0.3) is 0 Å². The Bertz CT molecular complexity index is 459. The molecule has 2 heterocycles. The molecule has 1 fully saturated rings. The lowest BCUT2D eigenvalue weighted by Crippen LogP contribution is -2.55. The maximum absolute atomic E-state index is 11.9. The fraction of sp³-hybridized carbons (Fsp3) is 0.545. The number of anilines is 1. The first-order valence-electron chi connectivity index (χ1n) is 6.15. The van der Waals surface area contributed by atoms with Crippen LogP contribution in [0.5, 0.6) is 0 Å². The molecule has 2 amide bonds. The van der Waals surface area contributed by atoms with Crippen molar-refractivity contribution in [3.05, 3.63) is 11.6 Å². The van der Waals surface area contributed by atoms with Crippen molar-refractivity contribution in [2.24, 2.45) is 0 Å². The lowest BCUT2D eigenvalue weighted by atomic mass is 10.3. The molecule has 0 bridgehead atoms. The highest BCUT2D eigenvalue weighted by Gasteiger charge is 2.26. The molecule has 1 aromatic rings. The van der Waals surface area contributed by atoms with Gasteiger partial charge in [-0.2, -0.15) is 0 Å². The van der Waals surface area contributed by atoms with Crippen LogP contribution in [0.2, 0.25) is 0 Å². The van der Waals surface area contributed by atoms with Crippen LogP contribution in [0.3, 0.4) is 0 Å². The summed E-state index contributed by atoms with van der Waals surface area (Å²) in [6.07, 6.45) is 1.73. The summed E-state index contributed by atoms with van der Waals surface area (Å²) < 4.78 is 0. The van der Waals surface area contributed by atoms with Crippen molar-refractivity contribution in [1.82, 2.24) is 15.2 Å². The number of carbonyl (C=O) groups is 2. The summed E-state index contributed by atoms with van der Waals surface area (Å²) in [4.78, 5) is 30.4. The molecule has 1 aromatic heterocycles. The first-order chi connectivity index (χ1) is 9.61. The Balaban J connectivity index is 1.84. The van der Waals surface area contributed by atoms with E-state index in [2.05, 4.69) is 15.2 Å². The standard InChI is InChI=1S/C11H16N4O4S/c16-7-8(9(17)18)13-10(19)14-2-4-15(5-3-14)11-12-1-6-20-11/h1,6,8,16H,2-5,7H2,(H,13,19)(H,17,18). The fourth-order valence-electron chi connectivity index (χ4n) is 1.90. The Morgan fingerprint density at radius 3 is 2.60 bits per heavy atom. The number of aliphatic hydroxyl groups is 1. The Hall–Kier alpha value is -1.87. The van der Waals surface area contributed by atoms with E-state index in [9.17, 15) is 9.59 Å². The van der Waals surface area contributed by atoms with E-state index in [1.165, 1.54) is 4.90 Å². The van der Waals surface area contributed by atoms with Gasteiger partial charge in [0.15, 0.2) is 11.2 Å². The van der Waals surface area contributed by atoms with Gasteiger partial charge in [0.05, 0.1) is 6.61 Å². The van der Waals surface area contributed by atoms with Crippen LogP contribution in [-0.4, -0.2) is 70.9 Å². The van der Waals surface area contributed by atoms with Crippen LogP contribution in [0.15, 0.2) is 11.6 Å². The summed E-state index contributed by atoms with van der Waals surface area (Å²) in [7, 11) is 0. The SMILES string of the molecule is O=C(O)C(CO)NC(=O)N1CCN(c2nccs2)CC1. The Morgan fingerprint density at radius 2 is 2.10 bits per heavy atom. The summed E-state index contributed by atoms with van der Waals surface area (Å²) >= 11 is 1.54. The van der Waals surface area contributed by atoms with E-state index >= 15 is 0 Å². The quantitative estimate of drug-likeness (QED) is 0.687. The van der Waals surface area contributed by atoms with Crippen molar-refractivity contribution >= 4 is 28.5 Å². The molecule has 1 saturated heterocycles. The number of nitrogens with one attached hydrogen (secondary N) is 1. The zero-order valence-electron chi connectivity index (χ0n) is 10.7. The van der Waals surface area contributed by atoms with Gasteiger partial charge in [-0.3, -0.25) is 0 Å². The molecule has 0 aliphatic carbocycles. The van der Waals surface area contributed by atoms with Crippen LogP contribution < -0.4 is 10.2 Å². The second kappa shape index (κ2) is 6.53. The average molecular weight is 300 g/mol. The zero-order valence-corrected chi connectivity index (χ0v) is 11.5. The van der Waals surface area contributed by atoms with Gasteiger partial charge in [-0.15, -0.1) is 11.3 Å². The highest BCUT2D eigenvalue weighted by molar-refractivity contribution is 7.13. The largest absolute Gasteiger partial charge is 0.480 e. The Labute approximate surface area is 119 Å². The van der Waals surface area contributed by atoms with Crippen LogP contribution in [0.25, 0.3) is 0 Å². The molecule has 1 aliphatic rings. The number of rotatable bonds is 4. The smallest absolute Gasteiger partial charge is 0.328 e. The van der Waals surface area contributed by atoms with E-state index in [1.54, 1.807) is 17.5 Å². The second-order valence-corrected chi connectivity index (χ2v) is 5.18. The molecule has 20 heavy (non-hydrogen) atoms. The van der Waals surface area contributed by atoms with Gasteiger partial charge in [0, 0.05) is 37.8 Å². The molecule has 110 valence electrons. The molecular formula is C11H16N4O4S. The third-order valence-corrected chi connectivity index (χ3v) is 3.87. The van der Waals surface area contributed by atoms with E-state index in [0.717, 1.165) is 5.13 Å². The molecule has 0 aromatic carbocycles. The van der Waals surface area contributed by atoms with Gasteiger partial charge < -0.3 is 25.3 Å². The third-order valence-electron chi connectivity index (χ3n) is 3.04. The highest BCUT2D eigenvalue weighted by atomic mass is 32.1. The van der Waals surface area contributed by atoms with Gasteiger partial charge in [-0.05, 0) is 0 Å². The molecule has 0 saturated carbocycles. The van der Waals surface area contributed by atoms with Gasteiger partial charge in [-0.1, -0.05) is 0 Å². The van der Waals surface area contributed by atoms with Gasteiger partial charge in [0.2, 0.25) is 0 Å². The van der Waals surface area contributed by atoms with E-state index in [1.807, 2.05) is 5.38 Å². The molecule has 8 nitrogen and oxygen atoms in total. The van der Waals surface area contributed by atoms with Crippen molar-refractivity contribution < 1.29 is 19.8 Å². The van der Waals surface area contributed by atoms with Crippen molar-refractivity contribution in [3.8, 4) is 0 Å². The number of aliphatic carboxylic acids is 1. The van der Waals surface area contributed by atoms with Gasteiger partial charge >= 0.3 is 12.0 Å². The number of amides is 2. The summed E-state index contributed by atoms with van der Waals surface area (Å²) in [5, 5.41) is 22.8. The van der Waals surface area contributed by atoms with Crippen LogP contribution >= 0.6 is 11.3 Å². The molecule has 1 unspecified atom stereocenters. The van der Waals surface area contributed by atoms with E-state index in [-0.39, 0.29) is 0 Å². The Kier molecular flexibility index (Phi) is 4.74. The number of carbonyl (C=O) groups excluding carboxylic acids is 1. The number of hydrogen-bond acceptors (Lipinski definition) is 6. The topological polar surface area (TPSA) is 106 Å². The van der Waals surface area contributed by atoms with E-state index in [4.69, 9.17) is 10.2 Å². The zero-order chi connectivity index (χ0) is 14.5. The van der Waals surface area contributed by atoms with Crippen molar-refractivity contribution in [2.75, 3.05) is 37.7 Å². The van der Waals surface area contributed by atoms with Gasteiger partial charge in [-0.25, -0.2) is 14.6 Å². The predicted octanol–water partition coefficient (Wildman–Crippen LogP) is -0.580. The van der Waals surface area contributed by atoms with E-state index in [0.29, 0.717) is 26.2 Å². The minimum atomic E-state index is -1.26. The normalized spacial score (nSPS) is 16.9. The predicted molar refractivity (Wildman–Crippen MR) is 72.9 cm³/mol. The van der Waals surface area contributed by atoms with Gasteiger partial charge in [0.1, 0.15) is 0 Å². The molecule has 0 spiro atoms. The maximum Gasteiger partial charge on any atom is 0.328 e. The number of carboxylic acids is 1. The van der Waals surface area contributed by atoms with Crippen LogP contribution in [-0.2, 0) is 4.79 Å². The average Bonchev–Trinajstić information content (AvgIpc) is 2.98. The van der Waals surface area contributed by atoms with Crippen LogP contribution in [0.1, 0.15) is 0 Å². The van der Waals surface area contributed by atoms with Crippen molar-refractivity contribution in [2.45, 2.75) is 6.04 Å². The summed E-state index contributed by atoms with van der Waals surface area (Å²) in [5.41, 5.74) is 0. The molecule has 1 atom stereocenters. The van der Waals surface area contributed by atoms with Crippen LogP contribution in [0.4, 0.5) is 9.93 Å². The number of aromatic nitrogens is 1. The number of hydrogen-bond donors (Lipinski definition) is 3. The minimum Gasteiger partial charge on any atom is -0.480 e. The number of aliphatic hydroxyl groups excluding tert-OH is 1. The first-order valence-corrected chi connectivity index (χ1v) is 7.03. The fourth-order valence-corrected chi connectivity index (χ4v) is 2.60. The molecule has 1 aliphatic heterocycles. The van der Waals surface area contributed by atoms with Crippen LogP contribution in [0, 0.1) is 0 Å². The lowest BCUT2D eigenvalue weighted by molar-refractivity contribution is -0.140. The second-order valence-electron chi connectivity index (χ2n) is 4.31. The van der Waals surface area contributed by atoms with E-state index < -0.39 is 24.6 Å². The number of nitrogens with zero attached hydrogens (tertiary/aromatic N) is 3. The molecule has 9 heteroatoms. The Morgan fingerprint density at radius 1 is 1.40 bits per heavy atom. The van der Waals surface area contributed by atoms with Crippen molar-refractivity contribution in [3.63, 3.8) is 0 Å². The molecular weight excluding hydrogens is 284 g/mol. The number of urea groups is 1. The molecule has 2 rings (SSSR count). The number of carboxylic acid groups (broad SMARTS) is 1. The highest BCUT2D eigenvalue weighted by Crippen LogP contribution is 2.18. The summed E-state index contributed by atoms with van der Waals surface area (Å²) in [6, 6.07) is -1.73. The maximum atomic E-state index is 11.9. The number of thiazole rings is 1. The summed E-state index contributed by atoms with van der Waals surface area (Å²) in [6.45, 7) is 1.65. The monoisotopic (exact) mass is 300 g/mol.